The molecule has 0 saturated carbocycles. The zero-order chi connectivity index (χ0) is 30.6. The maximum Gasteiger partial charge on any atom is 0.409 e. The van der Waals surface area contributed by atoms with Crippen molar-refractivity contribution in [2.24, 2.45) is 0 Å². The van der Waals surface area contributed by atoms with Crippen LogP contribution in [0.25, 0.3) is 0 Å². The summed E-state index contributed by atoms with van der Waals surface area (Å²) in [5.41, 5.74) is 2.36. The average molecular weight is 590 g/mol. The molecule has 1 unspecified atom stereocenters. The van der Waals surface area contributed by atoms with E-state index in [1.54, 1.807) is 11.1 Å². The lowest BCUT2D eigenvalue weighted by Gasteiger charge is -2.27. The SMILES string of the molecule is COc1cc(C(=O)C(=O)N2CCCC2COC(=O)N(CCCc2cccnc2)CCc2ccccc2)cc(OC)c1OC. The van der Waals surface area contributed by atoms with Crippen molar-refractivity contribution in [1.82, 2.24) is 14.8 Å². The van der Waals surface area contributed by atoms with Crippen LogP contribution in [0.15, 0.2) is 67.0 Å². The van der Waals surface area contributed by atoms with Gasteiger partial charge in [-0.25, -0.2) is 4.79 Å². The van der Waals surface area contributed by atoms with E-state index in [1.807, 2.05) is 48.7 Å². The molecule has 1 aromatic heterocycles. The number of carbonyl (C=O) groups excluding carboxylic acids is 3. The van der Waals surface area contributed by atoms with Crippen LogP contribution in [0.2, 0.25) is 0 Å². The molecule has 0 bridgehead atoms. The molecule has 10 heteroatoms. The molecule has 43 heavy (non-hydrogen) atoms. The Morgan fingerprint density at radius 2 is 1.63 bits per heavy atom. The molecule has 0 N–H and O–H groups in total. The van der Waals surface area contributed by atoms with Crippen LogP contribution in [0.5, 0.6) is 17.2 Å². The summed E-state index contributed by atoms with van der Waals surface area (Å²) in [4.78, 5) is 47.2. The monoisotopic (exact) mass is 589 g/mol. The van der Waals surface area contributed by atoms with Crippen molar-refractivity contribution in [2.75, 3.05) is 47.6 Å². The minimum absolute atomic E-state index is 0.0115. The van der Waals surface area contributed by atoms with E-state index in [0.717, 1.165) is 24.0 Å². The number of aromatic nitrogens is 1. The lowest BCUT2D eigenvalue weighted by Crippen LogP contribution is -2.43. The molecule has 3 aromatic rings. The highest BCUT2D eigenvalue weighted by Crippen LogP contribution is 2.38. The number of amides is 2. The molecule has 0 spiro atoms. The van der Waals surface area contributed by atoms with Crippen LogP contribution in [0, 0.1) is 0 Å². The topological polar surface area (TPSA) is 108 Å². The largest absolute Gasteiger partial charge is 0.493 e. The highest BCUT2D eigenvalue weighted by atomic mass is 16.6. The average Bonchev–Trinajstić information content (AvgIpc) is 3.53. The number of nitrogens with zero attached hydrogens (tertiary/aromatic N) is 3. The van der Waals surface area contributed by atoms with Gasteiger partial charge in [0, 0.05) is 37.6 Å². The van der Waals surface area contributed by atoms with Crippen LogP contribution >= 0.6 is 0 Å². The number of hydrogen-bond acceptors (Lipinski definition) is 8. The van der Waals surface area contributed by atoms with Crippen LogP contribution in [0.3, 0.4) is 0 Å². The smallest absolute Gasteiger partial charge is 0.409 e. The van der Waals surface area contributed by atoms with E-state index < -0.39 is 23.8 Å². The number of ether oxygens (including phenoxy) is 4. The van der Waals surface area contributed by atoms with Gasteiger partial charge >= 0.3 is 6.09 Å². The molecule has 0 radical (unpaired) electrons. The third-order valence-electron chi connectivity index (χ3n) is 7.55. The van der Waals surface area contributed by atoms with Gasteiger partial charge in [-0.2, -0.15) is 0 Å². The lowest BCUT2D eigenvalue weighted by atomic mass is 10.1. The Labute approximate surface area is 252 Å². The van der Waals surface area contributed by atoms with Crippen molar-refractivity contribution in [2.45, 2.75) is 38.1 Å². The van der Waals surface area contributed by atoms with Crippen molar-refractivity contribution in [3.05, 3.63) is 83.7 Å². The van der Waals surface area contributed by atoms with Gasteiger partial charge in [-0.15, -0.1) is 0 Å². The second-order valence-electron chi connectivity index (χ2n) is 10.3. The molecular weight excluding hydrogens is 550 g/mol. The van der Waals surface area contributed by atoms with E-state index in [1.165, 1.54) is 38.4 Å². The quantitative estimate of drug-likeness (QED) is 0.198. The molecule has 10 nitrogen and oxygen atoms in total. The Hall–Kier alpha value is -4.60. The van der Waals surface area contributed by atoms with Gasteiger partial charge in [-0.1, -0.05) is 36.4 Å². The molecule has 2 aromatic carbocycles. The van der Waals surface area contributed by atoms with Crippen molar-refractivity contribution in [3.8, 4) is 17.2 Å². The third kappa shape index (κ3) is 8.24. The number of rotatable bonds is 14. The number of hydrogen-bond donors (Lipinski definition) is 0. The minimum atomic E-state index is -0.697. The first kappa shape index (κ1) is 31.3. The highest BCUT2D eigenvalue weighted by Gasteiger charge is 2.35. The summed E-state index contributed by atoms with van der Waals surface area (Å²) in [5.74, 6) is -0.465. The van der Waals surface area contributed by atoms with E-state index in [9.17, 15) is 14.4 Å². The molecular formula is C33H39N3O7. The van der Waals surface area contributed by atoms with Crippen molar-refractivity contribution in [1.29, 1.82) is 0 Å². The van der Waals surface area contributed by atoms with E-state index in [-0.39, 0.29) is 23.7 Å². The number of benzene rings is 2. The van der Waals surface area contributed by atoms with Gasteiger partial charge in [0.1, 0.15) is 6.61 Å². The maximum atomic E-state index is 13.3. The standard InChI is InChI=1S/C33H39N3O7/c1-40-28-20-26(21-29(41-2)31(28)42-3)30(37)32(38)36-18-9-14-27(36)23-43-33(39)35(19-15-24-10-5-4-6-11-24)17-8-13-25-12-7-16-34-22-25/h4-7,10-12,16,20-22,27H,8-9,13-15,17-19,23H2,1-3H3. The zero-order valence-electron chi connectivity index (χ0n) is 25.0. The predicted octanol–water partition coefficient (Wildman–Crippen LogP) is 4.60. The van der Waals surface area contributed by atoms with Crippen LogP contribution in [0.1, 0.15) is 40.7 Å². The molecule has 2 amide bonds. The molecule has 0 aliphatic carbocycles. The highest BCUT2D eigenvalue weighted by molar-refractivity contribution is 6.43. The van der Waals surface area contributed by atoms with Crippen LogP contribution in [-0.4, -0.2) is 86.2 Å². The molecule has 1 atom stereocenters. The fraction of sp³-hybridized carbons (Fsp3) is 0.394. The van der Waals surface area contributed by atoms with E-state index >= 15 is 0 Å². The molecule has 2 heterocycles. The Morgan fingerprint density at radius 1 is 0.907 bits per heavy atom. The first-order chi connectivity index (χ1) is 20.9. The van der Waals surface area contributed by atoms with E-state index in [0.29, 0.717) is 44.6 Å². The summed E-state index contributed by atoms with van der Waals surface area (Å²) < 4.78 is 21.8. The minimum Gasteiger partial charge on any atom is -0.493 e. The zero-order valence-corrected chi connectivity index (χ0v) is 25.0. The van der Waals surface area contributed by atoms with E-state index in [2.05, 4.69) is 4.98 Å². The summed E-state index contributed by atoms with van der Waals surface area (Å²) in [6.45, 7) is 1.44. The maximum absolute atomic E-state index is 13.3. The normalized spacial score (nSPS) is 14.2. The summed E-state index contributed by atoms with van der Waals surface area (Å²) in [6, 6.07) is 16.4. The number of carbonyl (C=O) groups is 3. The van der Waals surface area contributed by atoms with Gasteiger partial charge in [0.2, 0.25) is 5.75 Å². The summed E-state index contributed by atoms with van der Waals surface area (Å²) in [5, 5.41) is 0. The molecule has 1 fully saturated rings. The van der Waals surface area contributed by atoms with Gasteiger partial charge in [-0.05, 0) is 61.4 Å². The van der Waals surface area contributed by atoms with Gasteiger partial charge < -0.3 is 28.7 Å². The number of pyridine rings is 1. The molecule has 228 valence electrons. The Bertz CT molecular complexity index is 1340. The molecule has 1 aliphatic rings. The first-order valence-electron chi connectivity index (χ1n) is 14.4. The predicted molar refractivity (Wildman–Crippen MR) is 161 cm³/mol. The van der Waals surface area contributed by atoms with Crippen LogP contribution in [-0.2, 0) is 22.4 Å². The number of methoxy groups -OCH3 is 3. The number of aryl methyl sites for hydroxylation is 1. The van der Waals surface area contributed by atoms with Gasteiger partial charge in [-0.3, -0.25) is 14.6 Å². The molecule has 1 saturated heterocycles. The molecule has 4 rings (SSSR count). The number of ketones is 1. The fourth-order valence-corrected chi connectivity index (χ4v) is 5.22. The van der Waals surface area contributed by atoms with Crippen LogP contribution in [0.4, 0.5) is 4.79 Å². The van der Waals surface area contributed by atoms with E-state index in [4.69, 9.17) is 18.9 Å². The van der Waals surface area contributed by atoms with Crippen molar-refractivity contribution >= 4 is 17.8 Å². The fourth-order valence-electron chi connectivity index (χ4n) is 5.22. The Morgan fingerprint density at radius 3 is 2.28 bits per heavy atom. The third-order valence-corrected chi connectivity index (χ3v) is 7.55. The summed E-state index contributed by atoms with van der Waals surface area (Å²) >= 11 is 0. The van der Waals surface area contributed by atoms with Crippen LogP contribution < -0.4 is 14.2 Å². The summed E-state index contributed by atoms with van der Waals surface area (Å²) in [7, 11) is 4.35. The lowest BCUT2D eigenvalue weighted by molar-refractivity contribution is -0.128. The molecule has 1 aliphatic heterocycles. The van der Waals surface area contributed by atoms with Gasteiger partial charge in [0.05, 0.1) is 27.4 Å². The number of Topliss-reactive ketones (excluding diaryl/α,β-unsaturated/α-hetero) is 1. The Balaban J connectivity index is 1.39. The first-order valence-corrected chi connectivity index (χ1v) is 14.4. The Kier molecular flexibility index (Phi) is 11.4. The van der Waals surface area contributed by atoms with Gasteiger partial charge in [0.15, 0.2) is 11.5 Å². The second kappa shape index (κ2) is 15.6. The summed E-state index contributed by atoms with van der Waals surface area (Å²) in [6.07, 6.45) is 6.72. The second-order valence-corrected chi connectivity index (χ2v) is 10.3. The van der Waals surface area contributed by atoms with Gasteiger partial charge in [0.25, 0.3) is 11.7 Å². The van der Waals surface area contributed by atoms with Crippen molar-refractivity contribution < 1.29 is 33.3 Å². The van der Waals surface area contributed by atoms with Crippen molar-refractivity contribution in [3.63, 3.8) is 0 Å². The number of likely N-dealkylation sites (tertiary alicyclic amines) is 1.